The molecule has 0 unspecified atom stereocenters. The Labute approximate surface area is 254 Å². The van der Waals surface area contributed by atoms with Crippen molar-refractivity contribution >= 4 is 25.7 Å². The third kappa shape index (κ3) is 7.59. The smallest absolute Gasteiger partial charge is 0.254 e. The van der Waals surface area contributed by atoms with E-state index in [4.69, 9.17) is 15.0 Å². The van der Waals surface area contributed by atoms with Crippen molar-refractivity contribution in [2.24, 2.45) is 17.6 Å². The molecule has 1 fully saturated rings. The summed E-state index contributed by atoms with van der Waals surface area (Å²) in [5.41, 5.74) is 8.61. The van der Waals surface area contributed by atoms with Crippen molar-refractivity contribution in [2.75, 3.05) is 11.9 Å². The van der Waals surface area contributed by atoms with Crippen LogP contribution in [0.1, 0.15) is 78.6 Å². The maximum Gasteiger partial charge on any atom is 0.254 e. The first-order valence-corrected chi connectivity index (χ1v) is 18.9. The molecular weight excluding hydrogens is 567 g/mol. The number of aromatic nitrogens is 4. The van der Waals surface area contributed by atoms with E-state index in [-0.39, 0.29) is 23.1 Å². The highest BCUT2D eigenvalue weighted by Crippen LogP contribution is 2.40. The first-order valence-electron chi connectivity index (χ1n) is 15.2. The van der Waals surface area contributed by atoms with Gasteiger partial charge in [0.2, 0.25) is 11.9 Å². The van der Waals surface area contributed by atoms with Gasteiger partial charge in [-0.25, -0.2) is 9.67 Å². The quantitative estimate of drug-likeness (QED) is 0.141. The number of pyridine rings is 1. The van der Waals surface area contributed by atoms with Gasteiger partial charge in [-0.3, -0.25) is 9.59 Å². The van der Waals surface area contributed by atoms with E-state index in [0.29, 0.717) is 48.2 Å². The molecule has 3 aromatic rings. The van der Waals surface area contributed by atoms with Crippen LogP contribution < -0.4 is 11.1 Å². The Kier molecular flexibility index (Phi) is 10.2. The molecule has 1 saturated carbocycles. The second-order valence-electron chi connectivity index (χ2n) is 13.0. The SMILES string of the molecule is CCc1c(-c2ccc(NC(=O)[C@H](c3onc(C)c3C(N)=O)C3CCC(C)CC3)nc2F)c(C)nn1COCC[Si](C)(C)C. The molecule has 10 nitrogen and oxygen atoms in total. The van der Waals surface area contributed by atoms with Gasteiger partial charge in [-0.2, -0.15) is 9.49 Å². The Balaban J connectivity index is 1.58. The Morgan fingerprint density at radius 3 is 2.49 bits per heavy atom. The van der Waals surface area contributed by atoms with E-state index in [1.54, 1.807) is 23.7 Å². The van der Waals surface area contributed by atoms with Crippen LogP contribution in [0.2, 0.25) is 25.7 Å². The molecule has 0 radical (unpaired) electrons. The molecule has 0 aromatic carbocycles. The van der Waals surface area contributed by atoms with Crippen LogP contribution in [0.25, 0.3) is 11.1 Å². The van der Waals surface area contributed by atoms with E-state index in [9.17, 15) is 9.59 Å². The molecule has 234 valence electrons. The Bertz CT molecular complexity index is 1460. The minimum atomic E-state index is -1.22. The predicted octanol–water partition coefficient (Wildman–Crippen LogP) is 6.21. The topological polar surface area (TPSA) is 138 Å². The van der Waals surface area contributed by atoms with Gasteiger partial charge in [0.05, 0.1) is 11.4 Å². The summed E-state index contributed by atoms with van der Waals surface area (Å²) in [6.07, 6.45) is 4.09. The van der Waals surface area contributed by atoms with Crippen LogP contribution >= 0.6 is 0 Å². The number of nitrogens with zero attached hydrogens (tertiary/aromatic N) is 4. The minimum Gasteiger partial charge on any atom is -0.365 e. The monoisotopic (exact) mass is 612 g/mol. The summed E-state index contributed by atoms with van der Waals surface area (Å²) in [6, 6.07) is 4.24. The number of nitrogens with one attached hydrogen (secondary N) is 1. The van der Waals surface area contributed by atoms with Crippen LogP contribution in [0.15, 0.2) is 16.7 Å². The molecule has 1 aliphatic carbocycles. The van der Waals surface area contributed by atoms with Gasteiger partial charge in [0.15, 0.2) is 5.76 Å². The molecule has 1 aliphatic rings. The molecule has 0 bridgehead atoms. The van der Waals surface area contributed by atoms with Gasteiger partial charge in [-0.15, -0.1) is 0 Å². The highest BCUT2D eigenvalue weighted by Gasteiger charge is 2.39. The molecule has 4 rings (SSSR count). The number of aryl methyl sites for hydroxylation is 2. The van der Waals surface area contributed by atoms with Crippen LogP contribution in [-0.2, 0) is 22.7 Å². The average Bonchev–Trinajstić information content (AvgIpc) is 3.46. The summed E-state index contributed by atoms with van der Waals surface area (Å²) in [6.45, 7) is 15.5. The third-order valence-corrected chi connectivity index (χ3v) is 10.1. The number of halogens is 1. The molecule has 0 spiro atoms. The molecule has 0 aliphatic heterocycles. The molecule has 3 heterocycles. The molecule has 2 amide bonds. The zero-order valence-corrected chi connectivity index (χ0v) is 27.4. The minimum absolute atomic E-state index is 0.0649. The van der Waals surface area contributed by atoms with E-state index >= 15 is 4.39 Å². The summed E-state index contributed by atoms with van der Waals surface area (Å²) >= 11 is 0. The van der Waals surface area contributed by atoms with Gasteiger partial charge in [0.1, 0.15) is 24.0 Å². The molecule has 0 saturated heterocycles. The molecule has 3 N–H and O–H groups in total. The second-order valence-corrected chi connectivity index (χ2v) is 18.6. The second kappa shape index (κ2) is 13.5. The number of hydrogen-bond acceptors (Lipinski definition) is 7. The summed E-state index contributed by atoms with van der Waals surface area (Å²) < 4.78 is 28.8. The number of nitrogens with two attached hydrogens (primary N) is 1. The summed E-state index contributed by atoms with van der Waals surface area (Å²) in [5, 5.41) is 11.3. The van der Waals surface area contributed by atoms with E-state index in [1.807, 2.05) is 13.8 Å². The maximum absolute atomic E-state index is 15.6. The standard InChI is InChI=1S/C31H45FN6O4Si/c1-8-23-25(19(3)36-38(23)17-41-15-16-43(5,6)7)22-13-14-24(34-29(22)32)35-31(40)27(21-11-9-18(2)10-12-21)28-26(30(33)39)20(4)37-42-28/h13-14,18,21,27H,8-12,15-17H2,1-7H3,(H2,33,39)(H,34,35,40)/t18?,21?,27-/m0/s1. The van der Waals surface area contributed by atoms with E-state index < -0.39 is 31.8 Å². The van der Waals surface area contributed by atoms with Crippen molar-refractivity contribution in [2.45, 2.75) is 98.1 Å². The fourth-order valence-electron chi connectivity index (χ4n) is 5.94. The fraction of sp³-hybridized carbons (Fsp3) is 0.581. The summed E-state index contributed by atoms with van der Waals surface area (Å²) in [4.78, 5) is 30.1. The normalized spacial score (nSPS) is 18.0. The van der Waals surface area contributed by atoms with Crippen LogP contribution in [0.3, 0.4) is 0 Å². The number of anilines is 1. The van der Waals surface area contributed by atoms with Crippen molar-refractivity contribution in [3.05, 3.63) is 46.5 Å². The van der Waals surface area contributed by atoms with Crippen LogP contribution in [0, 0.1) is 31.6 Å². The number of primary amides is 1. The lowest BCUT2D eigenvalue weighted by atomic mass is 9.74. The third-order valence-electron chi connectivity index (χ3n) is 8.38. The van der Waals surface area contributed by atoms with E-state index in [0.717, 1.165) is 37.4 Å². The zero-order chi connectivity index (χ0) is 31.5. The van der Waals surface area contributed by atoms with E-state index in [2.05, 4.69) is 47.1 Å². The number of hydrogen-bond donors (Lipinski definition) is 2. The largest absolute Gasteiger partial charge is 0.365 e. The van der Waals surface area contributed by atoms with Crippen molar-refractivity contribution in [1.29, 1.82) is 0 Å². The Morgan fingerprint density at radius 1 is 1.19 bits per heavy atom. The highest BCUT2D eigenvalue weighted by atomic mass is 28.3. The van der Waals surface area contributed by atoms with Crippen LogP contribution in [0.4, 0.5) is 10.2 Å². The van der Waals surface area contributed by atoms with Crippen molar-refractivity contribution in [3.8, 4) is 11.1 Å². The summed E-state index contributed by atoms with van der Waals surface area (Å²) in [7, 11) is -1.22. The Morgan fingerprint density at radius 2 is 1.88 bits per heavy atom. The van der Waals surface area contributed by atoms with Gasteiger partial charge in [-0.1, -0.05) is 51.5 Å². The van der Waals surface area contributed by atoms with Crippen LogP contribution in [0.5, 0.6) is 0 Å². The van der Waals surface area contributed by atoms with Crippen LogP contribution in [-0.4, -0.2) is 46.4 Å². The van der Waals surface area contributed by atoms with Gasteiger partial charge in [-0.05, 0) is 63.1 Å². The number of ether oxygens (including phenoxy) is 1. The first kappa shape index (κ1) is 32.5. The molecule has 12 heteroatoms. The van der Waals surface area contributed by atoms with Crippen molar-refractivity contribution < 1.29 is 23.2 Å². The lowest BCUT2D eigenvalue weighted by molar-refractivity contribution is -0.119. The van der Waals surface area contributed by atoms with Gasteiger partial charge < -0.3 is 20.3 Å². The molecule has 3 aromatic heterocycles. The highest BCUT2D eigenvalue weighted by molar-refractivity contribution is 6.76. The first-order chi connectivity index (χ1) is 20.3. The van der Waals surface area contributed by atoms with Gasteiger partial charge in [0, 0.05) is 31.5 Å². The van der Waals surface area contributed by atoms with Gasteiger partial charge in [0.25, 0.3) is 5.91 Å². The number of carbonyl (C=O) groups excluding carboxylic acids is 2. The number of amides is 2. The lowest BCUT2D eigenvalue weighted by Crippen LogP contribution is -2.31. The predicted molar refractivity (Wildman–Crippen MR) is 166 cm³/mol. The lowest BCUT2D eigenvalue weighted by Gasteiger charge is -2.31. The van der Waals surface area contributed by atoms with Gasteiger partial charge >= 0.3 is 0 Å². The van der Waals surface area contributed by atoms with E-state index in [1.165, 1.54) is 0 Å². The molecule has 1 atom stereocenters. The average molecular weight is 613 g/mol. The van der Waals surface area contributed by atoms with Crippen molar-refractivity contribution in [3.63, 3.8) is 0 Å². The number of carbonyl (C=O) groups is 2. The molecular formula is C31H45FN6O4Si. The van der Waals surface area contributed by atoms with Crippen molar-refractivity contribution in [1.82, 2.24) is 19.9 Å². The summed E-state index contributed by atoms with van der Waals surface area (Å²) in [5.74, 6) is -1.98. The maximum atomic E-state index is 15.6. The number of rotatable bonds is 12. The molecule has 43 heavy (non-hydrogen) atoms. The Hall–Kier alpha value is -3.38. The fourth-order valence-corrected chi connectivity index (χ4v) is 6.69. The zero-order valence-electron chi connectivity index (χ0n) is 26.4.